The average molecular weight is 327 g/mol. The molecule has 1 heterocycles. The van der Waals surface area contributed by atoms with Crippen LogP contribution in [0.25, 0.3) is 0 Å². The van der Waals surface area contributed by atoms with Crippen LogP contribution in [0.15, 0.2) is 24.3 Å². The van der Waals surface area contributed by atoms with Crippen molar-refractivity contribution in [3.8, 4) is 5.75 Å². The number of carbonyl (C=O) groups excluding carboxylic acids is 1. The highest BCUT2D eigenvalue weighted by atomic mass is 35.5. The maximum Gasteiger partial charge on any atom is 0.338 e. The molecular weight excluding hydrogens is 302 g/mol. The van der Waals surface area contributed by atoms with E-state index in [0.717, 1.165) is 25.4 Å². The quantitative estimate of drug-likeness (QED) is 0.696. The molecule has 0 aliphatic carbocycles. The van der Waals surface area contributed by atoms with Crippen LogP contribution in [-0.4, -0.2) is 43.2 Å². The number of hydrogen-bond acceptors (Lipinski definition) is 4. The number of esters is 1. The molecule has 1 aliphatic heterocycles. The number of carbonyl (C=O) groups is 1. The fraction of sp³-hybridized carbons (Fsp3) is 0.588. The van der Waals surface area contributed by atoms with Crippen LogP contribution in [0.4, 0.5) is 0 Å². The Hall–Kier alpha value is -1.26. The van der Waals surface area contributed by atoms with E-state index in [0.29, 0.717) is 12.2 Å². The van der Waals surface area contributed by atoms with Gasteiger partial charge < -0.3 is 21.9 Å². The van der Waals surface area contributed by atoms with E-state index in [1.807, 2.05) is 13.8 Å². The molecular formula is C17H25ClNO3-. The zero-order valence-corrected chi connectivity index (χ0v) is 14.1. The van der Waals surface area contributed by atoms with Crippen molar-refractivity contribution in [2.24, 2.45) is 0 Å². The third-order valence-corrected chi connectivity index (χ3v) is 3.67. The summed E-state index contributed by atoms with van der Waals surface area (Å²) in [6.45, 7) is 7.57. The van der Waals surface area contributed by atoms with Crippen molar-refractivity contribution in [1.29, 1.82) is 0 Å². The Bertz CT molecular complexity index is 444. The van der Waals surface area contributed by atoms with Crippen molar-refractivity contribution in [3.63, 3.8) is 0 Å². The lowest BCUT2D eigenvalue weighted by atomic mass is 10.1. The van der Waals surface area contributed by atoms with E-state index < -0.39 is 0 Å². The third kappa shape index (κ3) is 5.85. The van der Waals surface area contributed by atoms with Gasteiger partial charge >= 0.3 is 5.97 Å². The van der Waals surface area contributed by atoms with E-state index in [-0.39, 0.29) is 24.5 Å². The summed E-state index contributed by atoms with van der Waals surface area (Å²) in [4.78, 5) is 14.5. The molecule has 4 nitrogen and oxygen atoms in total. The van der Waals surface area contributed by atoms with E-state index in [1.54, 1.807) is 24.3 Å². The van der Waals surface area contributed by atoms with Gasteiger partial charge in [-0.05, 0) is 64.0 Å². The molecule has 0 bridgehead atoms. The summed E-state index contributed by atoms with van der Waals surface area (Å²) < 4.78 is 10.9. The molecule has 1 atom stereocenters. The van der Waals surface area contributed by atoms with Crippen molar-refractivity contribution >= 4 is 5.97 Å². The summed E-state index contributed by atoms with van der Waals surface area (Å²) in [6.07, 6.45) is 3.73. The monoisotopic (exact) mass is 326 g/mol. The Kier molecular flexibility index (Phi) is 8.28. The number of ether oxygens (including phenoxy) is 2. The predicted octanol–water partition coefficient (Wildman–Crippen LogP) is 0.121. The summed E-state index contributed by atoms with van der Waals surface area (Å²) in [6, 6.07) is 7.10. The predicted molar refractivity (Wildman–Crippen MR) is 82.8 cm³/mol. The molecule has 0 amide bonds. The van der Waals surface area contributed by atoms with Gasteiger partial charge in [0.15, 0.2) is 0 Å². The molecule has 0 radical (unpaired) electrons. The molecule has 0 N–H and O–H groups in total. The van der Waals surface area contributed by atoms with Crippen molar-refractivity contribution in [3.05, 3.63) is 29.8 Å². The normalized spacial score (nSPS) is 16.5. The number of hydrogen-bond donors (Lipinski definition) is 0. The lowest BCUT2D eigenvalue weighted by Crippen LogP contribution is -3.00. The molecule has 0 saturated carbocycles. The van der Waals surface area contributed by atoms with Gasteiger partial charge in [0.25, 0.3) is 0 Å². The van der Waals surface area contributed by atoms with Gasteiger partial charge in [-0.25, -0.2) is 4.79 Å². The molecule has 0 aromatic heterocycles. The van der Waals surface area contributed by atoms with Crippen LogP contribution in [-0.2, 0) is 4.74 Å². The summed E-state index contributed by atoms with van der Waals surface area (Å²) in [5.41, 5.74) is 0.573. The lowest BCUT2D eigenvalue weighted by Gasteiger charge is -2.28. The van der Waals surface area contributed by atoms with E-state index in [1.165, 1.54) is 19.3 Å². The minimum atomic E-state index is -0.262. The second-order valence-electron chi connectivity index (χ2n) is 5.53. The summed E-state index contributed by atoms with van der Waals surface area (Å²) in [7, 11) is 0. The lowest BCUT2D eigenvalue weighted by molar-refractivity contribution is -0.0000448. The summed E-state index contributed by atoms with van der Waals surface area (Å²) >= 11 is 0. The summed E-state index contributed by atoms with van der Waals surface area (Å²) in [5.74, 6) is 0.512. The van der Waals surface area contributed by atoms with Crippen LogP contribution < -0.4 is 17.1 Å². The molecule has 1 saturated heterocycles. The largest absolute Gasteiger partial charge is 1.00 e. The molecule has 1 aromatic carbocycles. The fourth-order valence-corrected chi connectivity index (χ4v) is 2.65. The highest BCUT2D eigenvalue weighted by Crippen LogP contribution is 2.14. The number of rotatable bonds is 6. The van der Waals surface area contributed by atoms with Gasteiger partial charge in [-0.3, -0.25) is 4.90 Å². The molecule has 1 aliphatic rings. The molecule has 1 aromatic rings. The standard InChI is InChI=1S/C17H25NO3.ClH/c1-3-20-16-9-7-15(8-10-16)17(19)21-14(2)13-18-11-5-4-6-12-18;/h7-10,14H,3-6,11-13H2,1-2H3;1H/p-1. The van der Waals surface area contributed by atoms with Crippen molar-refractivity contribution in [2.75, 3.05) is 26.2 Å². The fourth-order valence-electron chi connectivity index (χ4n) is 2.65. The van der Waals surface area contributed by atoms with Crippen LogP contribution in [0.2, 0.25) is 0 Å². The first-order chi connectivity index (χ1) is 10.2. The van der Waals surface area contributed by atoms with Gasteiger partial charge in [-0.2, -0.15) is 0 Å². The number of likely N-dealkylation sites (tertiary alicyclic amines) is 1. The minimum absolute atomic E-state index is 0. The van der Waals surface area contributed by atoms with Crippen LogP contribution in [0, 0.1) is 0 Å². The molecule has 1 fully saturated rings. The van der Waals surface area contributed by atoms with Gasteiger partial charge in [-0.1, -0.05) is 6.42 Å². The van der Waals surface area contributed by atoms with Gasteiger partial charge in [0.2, 0.25) is 0 Å². The van der Waals surface area contributed by atoms with Crippen molar-refractivity contribution in [1.82, 2.24) is 4.90 Å². The molecule has 2 rings (SSSR count). The Morgan fingerprint density at radius 3 is 2.41 bits per heavy atom. The van der Waals surface area contributed by atoms with Gasteiger partial charge in [0.05, 0.1) is 12.2 Å². The topological polar surface area (TPSA) is 38.8 Å². The van der Waals surface area contributed by atoms with Gasteiger partial charge in [0.1, 0.15) is 11.9 Å². The smallest absolute Gasteiger partial charge is 0.338 e. The maximum absolute atomic E-state index is 12.1. The first-order valence-electron chi connectivity index (χ1n) is 7.85. The number of benzene rings is 1. The minimum Gasteiger partial charge on any atom is -1.00 e. The maximum atomic E-state index is 12.1. The highest BCUT2D eigenvalue weighted by molar-refractivity contribution is 5.89. The zero-order chi connectivity index (χ0) is 15.1. The average Bonchev–Trinajstić information content (AvgIpc) is 2.49. The molecule has 1 unspecified atom stereocenters. The Balaban J connectivity index is 0.00000242. The van der Waals surface area contributed by atoms with Crippen molar-refractivity contribution < 1.29 is 26.7 Å². The van der Waals surface area contributed by atoms with Crippen LogP contribution in [0.3, 0.4) is 0 Å². The molecule has 5 heteroatoms. The Morgan fingerprint density at radius 1 is 1.18 bits per heavy atom. The van der Waals surface area contributed by atoms with Crippen LogP contribution in [0.5, 0.6) is 5.75 Å². The van der Waals surface area contributed by atoms with Crippen LogP contribution in [0.1, 0.15) is 43.5 Å². The number of piperidine rings is 1. The van der Waals surface area contributed by atoms with E-state index >= 15 is 0 Å². The van der Waals surface area contributed by atoms with E-state index in [2.05, 4.69) is 4.90 Å². The first-order valence-corrected chi connectivity index (χ1v) is 7.85. The van der Waals surface area contributed by atoms with Crippen LogP contribution >= 0.6 is 0 Å². The number of nitrogens with zero attached hydrogens (tertiary/aromatic N) is 1. The van der Waals surface area contributed by atoms with Gasteiger partial charge in [0, 0.05) is 6.54 Å². The molecule has 124 valence electrons. The molecule has 22 heavy (non-hydrogen) atoms. The number of halogens is 1. The zero-order valence-electron chi connectivity index (χ0n) is 13.4. The second kappa shape index (κ2) is 9.70. The highest BCUT2D eigenvalue weighted by Gasteiger charge is 2.17. The van der Waals surface area contributed by atoms with E-state index in [9.17, 15) is 4.79 Å². The first kappa shape index (κ1) is 18.8. The Labute approximate surface area is 139 Å². The van der Waals surface area contributed by atoms with Crippen molar-refractivity contribution in [2.45, 2.75) is 39.2 Å². The molecule has 0 spiro atoms. The summed E-state index contributed by atoms with van der Waals surface area (Å²) in [5, 5.41) is 0. The SMILES string of the molecule is CCOc1ccc(C(=O)OC(C)CN2CCCCC2)cc1.[Cl-]. The second-order valence-corrected chi connectivity index (χ2v) is 5.53. The third-order valence-electron chi connectivity index (χ3n) is 3.67. The Morgan fingerprint density at radius 2 is 1.82 bits per heavy atom. The van der Waals surface area contributed by atoms with Gasteiger partial charge in [-0.15, -0.1) is 0 Å². The van der Waals surface area contributed by atoms with E-state index in [4.69, 9.17) is 9.47 Å².